The monoisotopic (exact) mass is 380 g/mol. The summed E-state index contributed by atoms with van der Waals surface area (Å²) in [5.74, 6) is -14.8. The fraction of sp³-hybridized carbons (Fsp3) is 1.00. The van der Waals surface area contributed by atoms with Crippen LogP contribution in [0, 0.1) is 0 Å². The molecule has 0 atom stereocenters. The highest BCUT2D eigenvalue weighted by molar-refractivity contribution is 7.86. The van der Waals surface area contributed by atoms with Gasteiger partial charge in [0.1, 0.15) is 0 Å². The van der Waals surface area contributed by atoms with E-state index < -0.39 is 33.4 Å². The SMILES string of the molecule is CC[O-].O=S(=O)([O-])C(F)(F)C(F)(F)C(F)(F)C(F)(F)F.[NH4+].[NH4+]. The van der Waals surface area contributed by atoms with Gasteiger partial charge >= 0.3 is 23.3 Å². The van der Waals surface area contributed by atoms with Gasteiger partial charge in [-0.15, -0.1) is 6.61 Å². The molecule has 22 heavy (non-hydrogen) atoms. The maximum Gasteiger partial charge on any atom is 0.460 e. The number of quaternary nitrogens is 2. The van der Waals surface area contributed by atoms with Crippen molar-refractivity contribution in [3.05, 3.63) is 0 Å². The normalized spacial score (nSPS) is 13.3. The van der Waals surface area contributed by atoms with Crippen LogP contribution in [0.2, 0.25) is 0 Å². The molecule has 16 heteroatoms. The Balaban J connectivity index is -0.000000297. The topological polar surface area (TPSA) is 153 Å². The largest absolute Gasteiger partial charge is 0.855 e. The highest BCUT2D eigenvalue weighted by Gasteiger charge is 2.83. The van der Waals surface area contributed by atoms with Crippen molar-refractivity contribution in [2.24, 2.45) is 0 Å². The summed E-state index contributed by atoms with van der Waals surface area (Å²) >= 11 is 0. The molecule has 0 amide bonds. The van der Waals surface area contributed by atoms with Crippen molar-refractivity contribution in [3.63, 3.8) is 0 Å². The maximum absolute atomic E-state index is 12.2. The highest BCUT2D eigenvalue weighted by Crippen LogP contribution is 2.54. The second-order valence-electron chi connectivity index (χ2n) is 2.91. The maximum atomic E-state index is 12.2. The zero-order valence-electron chi connectivity index (χ0n) is 11.2. The molecule has 140 valence electrons. The van der Waals surface area contributed by atoms with Gasteiger partial charge in [0.15, 0.2) is 10.1 Å². The van der Waals surface area contributed by atoms with Gasteiger partial charge in [-0.1, -0.05) is 6.92 Å². The molecule has 0 aliphatic carbocycles. The predicted molar refractivity (Wildman–Crippen MR) is 53.1 cm³/mol. The van der Waals surface area contributed by atoms with Crippen LogP contribution >= 0.6 is 0 Å². The van der Waals surface area contributed by atoms with Crippen LogP contribution in [0.3, 0.4) is 0 Å². The molecule has 0 unspecified atom stereocenters. The third-order valence-corrected chi connectivity index (χ3v) is 2.31. The molecule has 6 nitrogen and oxygen atoms in total. The van der Waals surface area contributed by atoms with Crippen LogP contribution in [-0.2, 0) is 10.1 Å². The molecular weight excluding hydrogens is 367 g/mol. The average Bonchev–Trinajstić information content (AvgIpc) is 2.14. The number of hydrogen-bond donors (Lipinski definition) is 2. The second-order valence-corrected chi connectivity index (χ2v) is 4.33. The van der Waals surface area contributed by atoms with Gasteiger partial charge < -0.3 is 22.0 Å². The Morgan fingerprint density at radius 3 is 1.18 bits per heavy atom. The summed E-state index contributed by atoms with van der Waals surface area (Å²) in [4.78, 5) is 0. The van der Waals surface area contributed by atoms with Gasteiger partial charge in [-0.05, 0) is 0 Å². The molecule has 0 aromatic heterocycles. The molecule has 0 fully saturated rings. The first-order valence-corrected chi connectivity index (χ1v) is 5.56. The number of rotatable bonds is 3. The highest BCUT2D eigenvalue weighted by atomic mass is 32.2. The van der Waals surface area contributed by atoms with Gasteiger partial charge in [-0.2, -0.15) is 39.5 Å². The molecule has 0 aliphatic rings. The lowest BCUT2D eigenvalue weighted by molar-refractivity contribution is -0.382. The zero-order valence-corrected chi connectivity index (χ0v) is 12.0. The molecule has 0 saturated heterocycles. The summed E-state index contributed by atoms with van der Waals surface area (Å²) in [6.07, 6.45) is -7.16. The van der Waals surface area contributed by atoms with Crippen molar-refractivity contribution in [2.45, 2.75) is 30.2 Å². The summed E-state index contributed by atoms with van der Waals surface area (Å²) < 4.78 is 135. The third-order valence-electron chi connectivity index (χ3n) is 1.43. The van der Waals surface area contributed by atoms with Crippen molar-refractivity contribution < 1.29 is 57.6 Å². The molecule has 0 bridgehead atoms. The molecule has 0 spiro atoms. The van der Waals surface area contributed by atoms with Crippen molar-refractivity contribution in [2.75, 3.05) is 6.61 Å². The van der Waals surface area contributed by atoms with E-state index in [-0.39, 0.29) is 18.9 Å². The first-order chi connectivity index (χ1) is 8.41. The van der Waals surface area contributed by atoms with Gasteiger partial charge in [0.25, 0.3) is 0 Å². The quantitative estimate of drug-likeness (QED) is 0.568. The van der Waals surface area contributed by atoms with Gasteiger partial charge in [-0.25, -0.2) is 8.42 Å². The van der Waals surface area contributed by atoms with Crippen LogP contribution in [0.4, 0.5) is 39.5 Å². The van der Waals surface area contributed by atoms with Gasteiger partial charge in [0.05, 0.1) is 0 Å². The minimum absolute atomic E-state index is 0. The summed E-state index contributed by atoms with van der Waals surface area (Å²) in [7, 11) is -7.42. The van der Waals surface area contributed by atoms with E-state index in [0.717, 1.165) is 0 Å². The molecule has 8 N–H and O–H groups in total. The minimum Gasteiger partial charge on any atom is -0.855 e. The molecule has 0 heterocycles. The Morgan fingerprint density at radius 1 is 0.818 bits per heavy atom. The molecular formula is C6H13F9N2O4S. The number of halogens is 9. The summed E-state index contributed by atoms with van der Waals surface area (Å²) in [5.41, 5.74) is 0. The first-order valence-electron chi connectivity index (χ1n) is 4.15. The van der Waals surface area contributed by atoms with Crippen molar-refractivity contribution in [3.8, 4) is 0 Å². The number of alkyl halides is 9. The Morgan fingerprint density at radius 2 is 1.05 bits per heavy atom. The van der Waals surface area contributed by atoms with Crippen LogP contribution in [-0.4, -0.2) is 42.9 Å². The molecule has 0 radical (unpaired) electrons. The Kier molecular flexibility index (Phi) is 10.8. The fourth-order valence-corrected chi connectivity index (χ4v) is 0.960. The lowest BCUT2D eigenvalue weighted by Gasteiger charge is -2.34. The first kappa shape index (κ1) is 29.2. The molecule has 0 aromatic rings. The summed E-state index contributed by atoms with van der Waals surface area (Å²) in [5, 5.41) is 1.82. The van der Waals surface area contributed by atoms with Crippen LogP contribution in [0.15, 0.2) is 0 Å². The van der Waals surface area contributed by atoms with E-state index in [1.165, 1.54) is 0 Å². The van der Waals surface area contributed by atoms with Crippen LogP contribution in [0.1, 0.15) is 6.92 Å². The van der Waals surface area contributed by atoms with Crippen LogP contribution in [0.25, 0.3) is 0 Å². The van der Waals surface area contributed by atoms with E-state index in [2.05, 4.69) is 0 Å². The standard InChI is InChI=1S/C4HF9O3S.C2H5O.2H3N/c5-1(6,3(9,10)11)2(7,8)4(12,13)17(14,15)16;1-2-3;;/h(H,14,15,16);2H2,1H3;2*1H3/q;-1;;/p+1. The van der Waals surface area contributed by atoms with E-state index in [9.17, 15) is 52.5 Å². The predicted octanol–water partition coefficient (Wildman–Crippen LogP) is 2.08. The fourth-order valence-electron chi connectivity index (χ4n) is 0.518. The Bertz CT molecular complexity index is 422. The zero-order chi connectivity index (χ0) is 17.2. The summed E-state index contributed by atoms with van der Waals surface area (Å²) in [6.45, 7) is 1.57. The third kappa shape index (κ3) is 5.11. The molecule has 0 saturated carbocycles. The second kappa shape index (κ2) is 8.14. The molecule has 0 aliphatic heterocycles. The van der Waals surface area contributed by atoms with Crippen LogP contribution in [0.5, 0.6) is 0 Å². The van der Waals surface area contributed by atoms with E-state index in [1.54, 1.807) is 6.92 Å². The Hall–Kier alpha value is -0.840. The average molecular weight is 380 g/mol. The molecule has 0 aromatic carbocycles. The van der Waals surface area contributed by atoms with Gasteiger partial charge in [0, 0.05) is 0 Å². The lowest BCUT2D eigenvalue weighted by Crippen LogP contribution is -2.63. The van der Waals surface area contributed by atoms with E-state index in [1.807, 2.05) is 0 Å². The van der Waals surface area contributed by atoms with E-state index in [0.29, 0.717) is 0 Å². The lowest BCUT2D eigenvalue weighted by atomic mass is 10.1. The van der Waals surface area contributed by atoms with Gasteiger partial charge in [-0.3, -0.25) is 0 Å². The van der Waals surface area contributed by atoms with Crippen molar-refractivity contribution in [1.82, 2.24) is 12.3 Å². The van der Waals surface area contributed by atoms with E-state index in [4.69, 9.17) is 5.11 Å². The summed E-state index contributed by atoms with van der Waals surface area (Å²) in [6, 6.07) is 0. The van der Waals surface area contributed by atoms with E-state index >= 15 is 0 Å². The molecule has 0 rings (SSSR count). The smallest absolute Gasteiger partial charge is 0.460 e. The Labute approximate surface area is 118 Å². The minimum atomic E-state index is -7.43. The van der Waals surface area contributed by atoms with Crippen molar-refractivity contribution >= 4 is 10.1 Å². The van der Waals surface area contributed by atoms with Crippen LogP contribution < -0.4 is 17.4 Å². The van der Waals surface area contributed by atoms with Crippen molar-refractivity contribution in [1.29, 1.82) is 0 Å². The van der Waals surface area contributed by atoms with Gasteiger partial charge in [0.2, 0.25) is 0 Å². The number of hydrogen-bond acceptors (Lipinski definition) is 4.